The molecule has 0 spiro atoms. The molecule has 1 aliphatic rings. The Hall–Kier alpha value is -2.69. The molecule has 4 heterocycles. The van der Waals surface area contributed by atoms with Crippen LogP contribution in [0, 0.1) is 5.92 Å². The van der Waals surface area contributed by atoms with E-state index in [1.807, 2.05) is 12.1 Å². The minimum Gasteiger partial charge on any atom is -0.355 e. The minimum absolute atomic E-state index is 0.0247. The summed E-state index contributed by atoms with van der Waals surface area (Å²) in [5.74, 6) is 0.816. The fraction of sp³-hybridized carbons (Fsp3) is 0.562. The number of carbonyl (C=O) groups excluding carboxylic acids is 1. The van der Waals surface area contributed by atoms with E-state index in [1.54, 1.807) is 0 Å². The molecule has 11 heteroatoms. The normalized spacial score (nSPS) is 15.4. The fourth-order valence-corrected chi connectivity index (χ4v) is 3.90. The molecule has 0 atom stereocenters. The summed E-state index contributed by atoms with van der Waals surface area (Å²) in [7, 11) is 0. The molecule has 1 fully saturated rings. The maximum absolute atomic E-state index is 12.5. The van der Waals surface area contributed by atoms with Crippen LogP contribution in [0.3, 0.4) is 0 Å². The number of unbranched alkanes of at least 4 members (excludes halogenated alkanes) is 1. The first-order chi connectivity index (χ1) is 13.2. The molecule has 1 aliphatic heterocycles. The molecule has 1 N–H and O–H groups in total. The van der Waals surface area contributed by atoms with Crippen molar-refractivity contribution in [2.24, 2.45) is 5.92 Å². The second kappa shape index (κ2) is 7.91. The van der Waals surface area contributed by atoms with E-state index in [2.05, 4.69) is 48.0 Å². The first-order valence-electron chi connectivity index (χ1n) is 9.16. The number of aryl methyl sites for hydroxylation is 1. The highest BCUT2D eigenvalue weighted by Crippen LogP contribution is 2.24. The summed E-state index contributed by atoms with van der Waals surface area (Å²) in [6, 6.07) is 3.75. The van der Waals surface area contributed by atoms with Gasteiger partial charge in [-0.15, -0.1) is 25.0 Å². The number of anilines is 2. The summed E-state index contributed by atoms with van der Waals surface area (Å²) in [6.07, 6.45) is 4.66. The van der Waals surface area contributed by atoms with Crippen molar-refractivity contribution in [1.29, 1.82) is 0 Å². The highest BCUT2D eigenvalue weighted by molar-refractivity contribution is 7.15. The number of hydrogen-bond acceptors (Lipinski definition) is 9. The average molecular weight is 387 g/mol. The molecule has 1 amide bonds. The topological polar surface area (TPSA) is 114 Å². The van der Waals surface area contributed by atoms with Crippen molar-refractivity contribution < 1.29 is 4.79 Å². The summed E-state index contributed by atoms with van der Waals surface area (Å²) in [5, 5.41) is 28.4. The Labute approximate surface area is 160 Å². The predicted octanol–water partition coefficient (Wildman–Crippen LogP) is 1.57. The van der Waals surface area contributed by atoms with Gasteiger partial charge in [-0.25, -0.2) is 0 Å². The van der Waals surface area contributed by atoms with Crippen LogP contribution >= 0.6 is 11.3 Å². The van der Waals surface area contributed by atoms with Crippen LogP contribution in [-0.2, 0) is 11.2 Å². The zero-order chi connectivity index (χ0) is 18.6. The van der Waals surface area contributed by atoms with E-state index < -0.39 is 0 Å². The second-order valence-corrected chi connectivity index (χ2v) is 7.64. The van der Waals surface area contributed by atoms with Crippen molar-refractivity contribution in [3.05, 3.63) is 17.1 Å². The number of nitrogens with zero attached hydrogens (tertiary/aromatic N) is 8. The Morgan fingerprint density at radius 2 is 2.11 bits per heavy atom. The van der Waals surface area contributed by atoms with Crippen molar-refractivity contribution in [2.45, 2.75) is 39.0 Å². The molecule has 3 aromatic heterocycles. The molecule has 0 aromatic carbocycles. The molecule has 0 radical (unpaired) electrons. The third kappa shape index (κ3) is 4.02. The smallest absolute Gasteiger partial charge is 0.229 e. The quantitative estimate of drug-likeness (QED) is 0.678. The summed E-state index contributed by atoms with van der Waals surface area (Å²) in [5.41, 5.74) is 0.614. The van der Waals surface area contributed by atoms with Gasteiger partial charge in [0.1, 0.15) is 5.01 Å². The molecule has 1 saturated heterocycles. The van der Waals surface area contributed by atoms with Gasteiger partial charge >= 0.3 is 0 Å². The van der Waals surface area contributed by atoms with Gasteiger partial charge in [0, 0.05) is 25.4 Å². The molecule has 0 aliphatic carbocycles. The van der Waals surface area contributed by atoms with Crippen LogP contribution in [0.15, 0.2) is 12.1 Å². The van der Waals surface area contributed by atoms with Gasteiger partial charge in [0.25, 0.3) is 0 Å². The Bertz CT molecular complexity index is 915. The van der Waals surface area contributed by atoms with Gasteiger partial charge in [0.2, 0.25) is 11.0 Å². The lowest BCUT2D eigenvalue weighted by Crippen LogP contribution is -2.38. The zero-order valence-electron chi connectivity index (χ0n) is 15.1. The standard InChI is InChI=1S/C16H21N9OS/c1-2-3-4-14-19-20-16(27-14)17-15(26)11-7-9-24(10-8-11)13-6-5-12-18-22-23-25(12)21-13/h5-6,11H,2-4,7-10H2,1H3,(H,17,20,26). The number of amides is 1. The predicted molar refractivity (Wildman–Crippen MR) is 101 cm³/mol. The number of piperidine rings is 1. The van der Waals surface area contributed by atoms with Crippen LogP contribution in [0.1, 0.15) is 37.6 Å². The molecule has 0 saturated carbocycles. The van der Waals surface area contributed by atoms with E-state index in [1.165, 1.54) is 16.0 Å². The highest BCUT2D eigenvalue weighted by Gasteiger charge is 2.26. The Kier molecular flexibility index (Phi) is 5.19. The van der Waals surface area contributed by atoms with Crippen LogP contribution in [0.2, 0.25) is 0 Å². The van der Waals surface area contributed by atoms with Crippen LogP contribution in [0.4, 0.5) is 10.9 Å². The van der Waals surface area contributed by atoms with E-state index in [0.29, 0.717) is 10.8 Å². The number of carbonyl (C=O) groups is 1. The molecule has 0 bridgehead atoms. The van der Waals surface area contributed by atoms with Crippen LogP contribution in [0.25, 0.3) is 5.65 Å². The number of aromatic nitrogens is 7. The van der Waals surface area contributed by atoms with Crippen LogP contribution in [0.5, 0.6) is 0 Å². The van der Waals surface area contributed by atoms with Crippen molar-refractivity contribution >= 4 is 33.8 Å². The van der Waals surface area contributed by atoms with Gasteiger partial charge in [-0.05, 0) is 41.8 Å². The number of fused-ring (bicyclic) bond motifs is 1. The summed E-state index contributed by atoms with van der Waals surface area (Å²) < 4.78 is 1.42. The first kappa shape index (κ1) is 17.7. The van der Waals surface area contributed by atoms with Gasteiger partial charge in [-0.2, -0.15) is 0 Å². The molecule has 4 rings (SSSR count). The molecule has 27 heavy (non-hydrogen) atoms. The van der Waals surface area contributed by atoms with E-state index in [4.69, 9.17) is 0 Å². The lowest BCUT2D eigenvalue weighted by molar-refractivity contribution is -0.120. The molecular weight excluding hydrogens is 366 g/mol. The fourth-order valence-electron chi connectivity index (χ4n) is 3.12. The SMILES string of the molecule is CCCCc1nnc(NC(=O)C2CCN(c3ccc4nnnn4n3)CC2)s1. The lowest BCUT2D eigenvalue weighted by atomic mass is 9.96. The number of tetrazole rings is 1. The Morgan fingerprint density at radius 3 is 2.93 bits per heavy atom. The average Bonchev–Trinajstić information content (AvgIpc) is 3.35. The van der Waals surface area contributed by atoms with Crippen LogP contribution in [-0.4, -0.2) is 54.4 Å². The second-order valence-electron chi connectivity index (χ2n) is 6.57. The Balaban J connectivity index is 1.31. The van der Waals surface area contributed by atoms with Gasteiger partial charge in [-0.3, -0.25) is 4.79 Å². The van der Waals surface area contributed by atoms with Crippen molar-refractivity contribution in [1.82, 2.24) is 35.5 Å². The molecule has 10 nitrogen and oxygen atoms in total. The lowest BCUT2D eigenvalue weighted by Gasteiger charge is -2.31. The van der Waals surface area contributed by atoms with Crippen molar-refractivity contribution in [2.75, 3.05) is 23.3 Å². The zero-order valence-corrected chi connectivity index (χ0v) is 15.9. The molecule has 142 valence electrons. The van der Waals surface area contributed by atoms with Gasteiger partial charge in [-0.1, -0.05) is 24.7 Å². The maximum atomic E-state index is 12.5. The summed E-state index contributed by atoms with van der Waals surface area (Å²) in [4.78, 5) is 14.7. The summed E-state index contributed by atoms with van der Waals surface area (Å²) >= 11 is 1.47. The third-order valence-corrected chi connectivity index (χ3v) is 5.58. The molecule has 0 unspecified atom stereocenters. The monoisotopic (exact) mass is 387 g/mol. The first-order valence-corrected chi connectivity index (χ1v) is 9.98. The van der Waals surface area contributed by atoms with Crippen LogP contribution < -0.4 is 10.2 Å². The maximum Gasteiger partial charge on any atom is 0.229 e. The van der Waals surface area contributed by atoms with Crippen molar-refractivity contribution in [3.63, 3.8) is 0 Å². The van der Waals surface area contributed by atoms with Gasteiger partial charge in [0.05, 0.1) is 0 Å². The summed E-state index contributed by atoms with van der Waals surface area (Å²) in [6.45, 7) is 3.67. The Morgan fingerprint density at radius 1 is 1.26 bits per heavy atom. The van der Waals surface area contributed by atoms with E-state index in [9.17, 15) is 4.79 Å². The minimum atomic E-state index is -0.0268. The van der Waals surface area contributed by atoms with Crippen molar-refractivity contribution in [3.8, 4) is 0 Å². The van der Waals surface area contributed by atoms with Gasteiger partial charge < -0.3 is 10.2 Å². The molecular formula is C16H21N9OS. The number of hydrogen-bond donors (Lipinski definition) is 1. The number of rotatable bonds is 6. The largest absolute Gasteiger partial charge is 0.355 e. The highest BCUT2D eigenvalue weighted by atomic mass is 32.1. The van der Waals surface area contributed by atoms with Gasteiger partial charge in [0.15, 0.2) is 11.5 Å². The van der Waals surface area contributed by atoms with E-state index in [-0.39, 0.29) is 11.8 Å². The third-order valence-electron chi connectivity index (χ3n) is 4.69. The molecule has 3 aromatic rings. The van der Waals surface area contributed by atoms with E-state index >= 15 is 0 Å². The van der Waals surface area contributed by atoms with E-state index in [0.717, 1.165) is 56.0 Å². The number of nitrogens with one attached hydrogen (secondary N) is 1.